The van der Waals surface area contributed by atoms with Crippen molar-refractivity contribution in [3.8, 4) is 5.75 Å². The first kappa shape index (κ1) is 19.7. The summed E-state index contributed by atoms with van der Waals surface area (Å²) in [4.78, 5) is 11.9. The van der Waals surface area contributed by atoms with Crippen molar-refractivity contribution in [3.63, 3.8) is 0 Å². The molecular formula is C17H26N2O5S. The lowest BCUT2D eigenvalue weighted by Crippen LogP contribution is -2.46. The standard InChI is InChI=1S/C17H26N2O5S/c1-4-11-19(13-7-9-18-10-8-13)25(21,22)14-5-6-15(17(20)24-3)16(12-14)23-2/h5-6,12-13,18H,4,7-11H2,1-3H3. The van der Waals surface area contributed by atoms with E-state index in [1.807, 2.05) is 6.92 Å². The molecule has 1 aliphatic heterocycles. The second-order valence-electron chi connectivity index (χ2n) is 5.95. The monoisotopic (exact) mass is 370 g/mol. The van der Waals surface area contributed by atoms with Crippen molar-refractivity contribution in [3.05, 3.63) is 23.8 Å². The third-order valence-electron chi connectivity index (χ3n) is 4.34. The first-order valence-electron chi connectivity index (χ1n) is 8.44. The third-order valence-corrected chi connectivity index (χ3v) is 6.29. The van der Waals surface area contributed by atoms with Crippen LogP contribution in [0.15, 0.2) is 23.1 Å². The summed E-state index contributed by atoms with van der Waals surface area (Å²) >= 11 is 0. The van der Waals surface area contributed by atoms with Crippen LogP contribution >= 0.6 is 0 Å². The van der Waals surface area contributed by atoms with Gasteiger partial charge in [0, 0.05) is 18.7 Å². The summed E-state index contributed by atoms with van der Waals surface area (Å²) in [6, 6.07) is 4.25. The zero-order valence-electron chi connectivity index (χ0n) is 14.9. The third kappa shape index (κ3) is 4.31. The fraction of sp³-hybridized carbons (Fsp3) is 0.588. The van der Waals surface area contributed by atoms with Crippen LogP contribution in [0.3, 0.4) is 0 Å². The Morgan fingerprint density at radius 3 is 2.52 bits per heavy atom. The van der Waals surface area contributed by atoms with E-state index in [1.54, 1.807) is 4.31 Å². The van der Waals surface area contributed by atoms with Crippen molar-refractivity contribution in [2.24, 2.45) is 0 Å². The van der Waals surface area contributed by atoms with Crippen molar-refractivity contribution < 1.29 is 22.7 Å². The van der Waals surface area contributed by atoms with E-state index in [-0.39, 0.29) is 22.3 Å². The van der Waals surface area contributed by atoms with Crippen molar-refractivity contribution in [1.82, 2.24) is 9.62 Å². The molecule has 1 N–H and O–H groups in total. The second-order valence-corrected chi connectivity index (χ2v) is 7.84. The number of sulfonamides is 1. The Morgan fingerprint density at radius 1 is 1.28 bits per heavy atom. The minimum atomic E-state index is -3.67. The number of piperidine rings is 1. The van der Waals surface area contributed by atoms with Gasteiger partial charge in [-0.15, -0.1) is 0 Å². The Balaban J connectivity index is 2.40. The van der Waals surface area contributed by atoms with E-state index in [9.17, 15) is 13.2 Å². The van der Waals surface area contributed by atoms with Crippen molar-refractivity contribution in [2.45, 2.75) is 37.1 Å². The molecular weight excluding hydrogens is 344 g/mol. The van der Waals surface area contributed by atoms with E-state index in [2.05, 4.69) is 5.32 Å². The lowest BCUT2D eigenvalue weighted by Gasteiger charge is -2.33. The molecule has 0 saturated carbocycles. The molecule has 0 aromatic heterocycles. The fourth-order valence-electron chi connectivity index (χ4n) is 3.06. The molecule has 1 saturated heterocycles. The van der Waals surface area contributed by atoms with Crippen LogP contribution in [0.25, 0.3) is 0 Å². The van der Waals surface area contributed by atoms with E-state index in [4.69, 9.17) is 9.47 Å². The summed E-state index contributed by atoms with van der Waals surface area (Å²) in [6.45, 7) is 4.05. The zero-order valence-corrected chi connectivity index (χ0v) is 15.8. The van der Waals surface area contributed by atoms with Crippen LogP contribution in [0.4, 0.5) is 0 Å². The molecule has 2 rings (SSSR count). The first-order valence-corrected chi connectivity index (χ1v) is 9.88. The van der Waals surface area contributed by atoms with Gasteiger partial charge >= 0.3 is 5.97 Å². The van der Waals surface area contributed by atoms with E-state index < -0.39 is 16.0 Å². The van der Waals surface area contributed by atoms with Gasteiger partial charge in [0.1, 0.15) is 11.3 Å². The number of carbonyl (C=O) groups excluding carboxylic acids is 1. The molecule has 0 amide bonds. The number of methoxy groups -OCH3 is 2. The van der Waals surface area contributed by atoms with E-state index in [1.165, 1.54) is 32.4 Å². The maximum Gasteiger partial charge on any atom is 0.341 e. The number of benzene rings is 1. The number of nitrogens with zero attached hydrogens (tertiary/aromatic N) is 1. The van der Waals surface area contributed by atoms with Crippen LogP contribution in [0.5, 0.6) is 5.75 Å². The SMILES string of the molecule is CCCN(C1CCNCC1)S(=O)(=O)c1ccc(C(=O)OC)c(OC)c1. The van der Waals surface area contributed by atoms with Gasteiger partial charge in [-0.25, -0.2) is 13.2 Å². The van der Waals surface area contributed by atoms with Crippen LogP contribution in [0, 0.1) is 0 Å². The molecule has 140 valence electrons. The predicted octanol–water partition coefficient (Wildman–Crippen LogP) is 1.63. The lowest BCUT2D eigenvalue weighted by molar-refractivity contribution is 0.0597. The number of ether oxygens (including phenoxy) is 2. The summed E-state index contributed by atoms with van der Waals surface area (Å²) in [5.41, 5.74) is 0.202. The molecule has 8 heteroatoms. The van der Waals surface area contributed by atoms with Crippen LogP contribution < -0.4 is 10.1 Å². The highest BCUT2D eigenvalue weighted by Crippen LogP contribution is 2.28. The number of carbonyl (C=O) groups is 1. The Bertz CT molecular complexity index is 699. The van der Waals surface area contributed by atoms with Crippen LogP contribution in [-0.4, -0.2) is 58.6 Å². The number of rotatable bonds is 7. The highest BCUT2D eigenvalue weighted by Gasteiger charge is 2.32. The molecule has 1 heterocycles. The summed E-state index contributed by atoms with van der Waals surface area (Å²) in [5, 5.41) is 3.25. The molecule has 0 bridgehead atoms. The van der Waals surface area contributed by atoms with Crippen molar-refractivity contribution in [1.29, 1.82) is 0 Å². The lowest BCUT2D eigenvalue weighted by atomic mass is 10.1. The van der Waals surface area contributed by atoms with Crippen LogP contribution in [0.1, 0.15) is 36.5 Å². The summed E-state index contributed by atoms with van der Waals surface area (Å²) in [7, 11) is -1.00. The smallest absolute Gasteiger partial charge is 0.341 e. The molecule has 1 aromatic carbocycles. The van der Waals surface area contributed by atoms with Gasteiger partial charge in [0.05, 0.1) is 19.1 Å². The van der Waals surface area contributed by atoms with Gasteiger partial charge in [0.2, 0.25) is 10.0 Å². The van der Waals surface area contributed by atoms with E-state index in [0.29, 0.717) is 6.54 Å². The molecule has 0 radical (unpaired) electrons. The van der Waals surface area contributed by atoms with Gasteiger partial charge in [-0.3, -0.25) is 0 Å². The first-order chi connectivity index (χ1) is 12.0. The Hall–Kier alpha value is -1.64. The second kappa shape index (κ2) is 8.64. The minimum absolute atomic E-state index is 0.0162. The minimum Gasteiger partial charge on any atom is -0.496 e. The average Bonchev–Trinajstić information content (AvgIpc) is 2.65. The van der Waals surface area contributed by atoms with Gasteiger partial charge in [0.15, 0.2) is 0 Å². The largest absolute Gasteiger partial charge is 0.496 e. The maximum atomic E-state index is 13.2. The number of hydrogen-bond donors (Lipinski definition) is 1. The van der Waals surface area contributed by atoms with Crippen LogP contribution in [0.2, 0.25) is 0 Å². The summed E-state index contributed by atoms with van der Waals surface area (Å²) in [6.07, 6.45) is 2.31. The Kier molecular flexibility index (Phi) is 6.80. The predicted molar refractivity (Wildman–Crippen MR) is 94.4 cm³/mol. The number of nitrogens with one attached hydrogen (secondary N) is 1. The van der Waals surface area contributed by atoms with E-state index >= 15 is 0 Å². The van der Waals surface area contributed by atoms with Gasteiger partial charge in [-0.05, 0) is 44.5 Å². The molecule has 1 aromatic rings. The van der Waals surface area contributed by atoms with E-state index in [0.717, 1.165) is 32.4 Å². The molecule has 1 aliphatic rings. The van der Waals surface area contributed by atoms with Gasteiger partial charge in [-0.1, -0.05) is 6.92 Å². The highest BCUT2D eigenvalue weighted by molar-refractivity contribution is 7.89. The molecule has 0 atom stereocenters. The molecule has 7 nitrogen and oxygen atoms in total. The normalized spacial score (nSPS) is 16.0. The van der Waals surface area contributed by atoms with Gasteiger partial charge in [-0.2, -0.15) is 4.31 Å². The molecule has 1 fully saturated rings. The molecule has 0 unspecified atom stereocenters. The average molecular weight is 370 g/mol. The molecule has 25 heavy (non-hydrogen) atoms. The number of esters is 1. The van der Waals surface area contributed by atoms with Crippen molar-refractivity contribution >= 4 is 16.0 Å². The molecule has 0 spiro atoms. The summed E-state index contributed by atoms with van der Waals surface area (Å²) in [5.74, 6) is -0.376. The maximum absolute atomic E-state index is 13.2. The van der Waals surface area contributed by atoms with Crippen molar-refractivity contribution in [2.75, 3.05) is 33.9 Å². The van der Waals surface area contributed by atoms with Gasteiger partial charge in [0.25, 0.3) is 0 Å². The van der Waals surface area contributed by atoms with Crippen LogP contribution in [-0.2, 0) is 14.8 Å². The zero-order chi connectivity index (χ0) is 18.4. The Morgan fingerprint density at radius 2 is 1.96 bits per heavy atom. The quantitative estimate of drug-likeness (QED) is 0.735. The number of hydrogen-bond acceptors (Lipinski definition) is 6. The fourth-order valence-corrected chi connectivity index (χ4v) is 4.85. The highest BCUT2D eigenvalue weighted by atomic mass is 32.2. The van der Waals surface area contributed by atoms with Gasteiger partial charge < -0.3 is 14.8 Å². The molecule has 0 aliphatic carbocycles. The topological polar surface area (TPSA) is 84.9 Å². The summed E-state index contributed by atoms with van der Waals surface area (Å²) < 4.78 is 37.8. The Labute approximate surface area is 149 Å².